The van der Waals surface area contributed by atoms with Crippen LogP contribution in [-0.2, 0) is 4.79 Å². The molecule has 0 N–H and O–H groups in total. The Morgan fingerprint density at radius 3 is 2.71 bits per heavy atom. The van der Waals surface area contributed by atoms with Crippen molar-refractivity contribution in [2.45, 2.75) is 51.9 Å². The molecular weight excluding hydrogens is 392 g/mol. The normalized spacial score (nSPS) is 20.5. The van der Waals surface area contributed by atoms with Crippen molar-refractivity contribution in [2.75, 3.05) is 32.7 Å². The molecule has 0 radical (unpaired) electrons. The number of carbonyl (C=O) groups is 1. The molecule has 8 nitrogen and oxygen atoms in total. The first-order chi connectivity index (χ1) is 15.1. The predicted molar refractivity (Wildman–Crippen MR) is 117 cm³/mol. The summed E-state index contributed by atoms with van der Waals surface area (Å²) in [6.07, 6.45) is 7.47. The van der Waals surface area contributed by atoms with E-state index in [2.05, 4.69) is 15.0 Å². The molecule has 2 aliphatic heterocycles. The molecule has 0 bridgehead atoms. The number of aromatic nitrogens is 4. The summed E-state index contributed by atoms with van der Waals surface area (Å²) in [7, 11) is 0. The van der Waals surface area contributed by atoms with E-state index in [0.29, 0.717) is 6.54 Å². The summed E-state index contributed by atoms with van der Waals surface area (Å²) in [5.74, 6) is 1.23. The average molecular weight is 423 g/mol. The van der Waals surface area contributed by atoms with Crippen LogP contribution in [0.5, 0.6) is 0 Å². The Morgan fingerprint density at radius 2 is 1.94 bits per heavy atom. The minimum Gasteiger partial charge on any atom is -0.356 e. The number of rotatable bonds is 4. The van der Waals surface area contributed by atoms with E-state index in [0.717, 1.165) is 85.9 Å². The number of hydrogen-bond donors (Lipinski definition) is 0. The van der Waals surface area contributed by atoms with E-state index in [1.54, 1.807) is 0 Å². The molecule has 2 saturated heterocycles. The van der Waals surface area contributed by atoms with Crippen LogP contribution in [0.1, 0.15) is 55.1 Å². The monoisotopic (exact) mass is 422 g/mol. The molecule has 164 valence electrons. The molecule has 0 saturated carbocycles. The van der Waals surface area contributed by atoms with Crippen molar-refractivity contribution in [1.29, 1.82) is 0 Å². The lowest BCUT2D eigenvalue weighted by Gasteiger charge is -2.35. The van der Waals surface area contributed by atoms with Gasteiger partial charge in [0.2, 0.25) is 5.91 Å². The quantitative estimate of drug-likeness (QED) is 0.642. The van der Waals surface area contributed by atoms with Crippen molar-refractivity contribution in [3.63, 3.8) is 0 Å². The highest BCUT2D eigenvalue weighted by atomic mass is 16.5. The van der Waals surface area contributed by atoms with Crippen molar-refractivity contribution in [1.82, 2.24) is 29.6 Å². The number of fused-ring (bicyclic) bond motifs is 1. The van der Waals surface area contributed by atoms with Crippen molar-refractivity contribution in [2.24, 2.45) is 0 Å². The molecule has 8 heteroatoms. The third-order valence-electron chi connectivity index (χ3n) is 6.50. The highest BCUT2D eigenvalue weighted by Gasteiger charge is 2.30. The summed E-state index contributed by atoms with van der Waals surface area (Å²) >= 11 is 0. The summed E-state index contributed by atoms with van der Waals surface area (Å²) in [5.41, 5.74) is 4.66. The van der Waals surface area contributed by atoms with Gasteiger partial charge in [-0.25, -0.2) is 9.50 Å². The second-order valence-corrected chi connectivity index (χ2v) is 8.96. The maximum absolute atomic E-state index is 12.8. The van der Waals surface area contributed by atoms with Gasteiger partial charge in [-0.2, -0.15) is 5.10 Å². The van der Waals surface area contributed by atoms with Gasteiger partial charge in [0.1, 0.15) is 0 Å². The van der Waals surface area contributed by atoms with Gasteiger partial charge < -0.3 is 9.42 Å². The third-order valence-corrected chi connectivity index (χ3v) is 6.50. The van der Waals surface area contributed by atoms with Gasteiger partial charge in [-0.1, -0.05) is 5.16 Å². The number of carbonyl (C=O) groups excluding carboxylic acids is 1. The molecule has 3 aromatic rings. The number of aryl methyl sites for hydroxylation is 2. The molecular formula is C23H30N6O2. The highest BCUT2D eigenvalue weighted by Crippen LogP contribution is 2.35. The van der Waals surface area contributed by atoms with Gasteiger partial charge in [-0.05, 0) is 52.5 Å². The summed E-state index contributed by atoms with van der Waals surface area (Å²) < 4.78 is 7.56. The second kappa shape index (κ2) is 8.42. The average Bonchev–Trinajstić information content (AvgIpc) is 3.38. The van der Waals surface area contributed by atoms with E-state index < -0.39 is 0 Å². The van der Waals surface area contributed by atoms with Crippen LogP contribution in [-0.4, -0.2) is 68.2 Å². The minimum absolute atomic E-state index is 0.244. The Morgan fingerprint density at radius 1 is 1.10 bits per heavy atom. The van der Waals surface area contributed by atoms with E-state index in [-0.39, 0.29) is 11.8 Å². The molecule has 1 atom stereocenters. The van der Waals surface area contributed by atoms with Crippen LogP contribution in [0.3, 0.4) is 0 Å². The molecule has 5 heterocycles. The van der Waals surface area contributed by atoms with E-state index in [4.69, 9.17) is 9.62 Å². The Labute approximate surface area is 182 Å². The van der Waals surface area contributed by atoms with Gasteiger partial charge >= 0.3 is 0 Å². The molecule has 5 rings (SSSR count). The van der Waals surface area contributed by atoms with Crippen LogP contribution in [0.25, 0.3) is 17.0 Å². The first-order valence-electron chi connectivity index (χ1n) is 11.4. The number of likely N-dealkylation sites (tertiary alicyclic amines) is 2. The lowest BCUT2D eigenvalue weighted by Crippen LogP contribution is -2.45. The lowest BCUT2D eigenvalue weighted by atomic mass is 9.91. The molecule has 31 heavy (non-hydrogen) atoms. The van der Waals surface area contributed by atoms with Gasteiger partial charge in [0, 0.05) is 43.9 Å². The van der Waals surface area contributed by atoms with Crippen LogP contribution >= 0.6 is 0 Å². The Hall–Kier alpha value is -2.74. The predicted octanol–water partition coefficient (Wildman–Crippen LogP) is 3.19. The van der Waals surface area contributed by atoms with Gasteiger partial charge in [-0.15, -0.1) is 0 Å². The van der Waals surface area contributed by atoms with E-state index >= 15 is 0 Å². The summed E-state index contributed by atoms with van der Waals surface area (Å²) in [6.45, 7) is 8.01. The van der Waals surface area contributed by atoms with E-state index in [1.165, 1.54) is 6.42 Å². The highest BCUT2D eigenvalue weighted by molar-refractivity contribution is 5.78. The molecule has 3 aromatic heterocycles. The molecule has 0 unspecified atom stereocenters. The molecule has 1 amide bonds. The fourth-order valence-electron chi connectivity index (χ4n) is 5.00. The van der Waals surface area contributed by atoms with Crippen LogP contribution in [0, 0.1) is 13.8 Å². The van der Waals surface area contributed by atoms with E-state index in [1.807, 2.05) is 41.6 Å². The number of hydrogen-bond acceptors (Lipinski definition) is 6. The molecule has 2 fully saturated rings. The lowest BCUT2D eigenvalue weighted by molar-refractivity contribution is -0.133. The number of amides is 1. The smallest absolute Gasteiger partial charge is 0.236 e. The summed E-state index contributed by atoms with van der Waals surface area (Å²) in [5, 5.41) is 8.82. The van der Waals surface area contributed by atoms with Crippen LogP contribution in [0.15, 0.2) is 22.9 Å². The maximum atomic E-state index is 12.8. The zero-order valence-corrected chi connectivity index (χ0v) is 18.4. The second-order valence-electron chi connectivity index (χ2n) is 8.96. The summed E-state index contributed by atoms with van der Waals surface area (Å²) in [6, 6.07) is 3.95. The third kappa shape index (κ3) is 4.08. The summed E-state index contributed by atoms with van der Waals surface area (Å²) in [4.78, 5) is 21.8. The number of piperidine rings is 2. The van der Waals surface area contributed by atoms with Crippen molar-refractivity contribution < 1.29 is 9.32 Å². The van der Waals surface area contributed by atoms with Gasteiger partial charge in [0.25, 0.3) is 0 Å². The van der Waals surface area contributed by atoms with Gasteiger partial charge in [0.05, 0.1) is 29.2 Å². The standard InChI is InChI=1S/C23H30N6O2/c1-16-12-21-24-13-19(20-11-17(2)26-31-20)23(29(21)25-16)18-7-6-8-27(14-18)15-22(30)28-9-4-3-5-10-28/h11-13,18H,3-10,14-15H2,1-2H3/t18-/m0/s1. The van der Waals surface area contributed by atoms with Crippen molar-refractivity contribution in [3.8, 4) is 11.3 Å². The largest absolute Gasteiger partial charge is 0.356 e. The minimum atomic E-state index is 0.244. The first kappa shape index (κ1) is 20.2. The van der Waals surface area contributed by atoms with Crippen LogP contribution in [0.4, 0.5) is 0 Å². The Kier molecular flexibility index (Phi) is 5.48. The molecule has 0 aliphatic carbocycles. The van der Waals surface area contributed by atoms with E-state index in [9.17, 15) is 4.79 Å². The topological polar surface area (TPSA) is 79.8 Å². The zero-order chi connectivity index (χ0) is 21.4. The van der Waals surface area contributed by atoms with Crippen molar-refractivity contribution >= 4 is 11.6 Å². The molecule has 0 spiro atoms. The first-order valence-corrected chi connectivity index (χ1v) is 11.4. The van der Waals surface area contributed by atoms with Crippen LogP contribution in [0.2, 0.25) is 0 Å². The molecule has 0 aromatic carbocycles. The fraction of sp³-hybridized carbons (Fsp3) is 0.565. The maximum Gasteiger partial charge on any atom is 0.236 e. The zero-order valence-electron chi connectivity index (χ0n) is 18.4. The SMILES string of the molecule is Cc1cc(-c2cnc3cc(C)nn3c2[C@H]2CCCN(CC(=O)N3CCCCC3)C2)on1. The van der Waals surface area contributed by atoms with Crippen LogP contribution < -0.4 is 0 Å². The fourth-order valence-corrected chi connectivity index (χ4v) is 5.00. The molecule has 2 aliphatic rings. The Balaban J connectivity index is 1.44. The van der Waals surface area contributed by atoms with Gasteiger partial charge in [-0.3, -0.25) is 9.69 Å². The Bertz CT molecular complexity index is 1080. The van der Waals surface area contributed by atoms with Crippen molar-refractivity contribution in [3.05, 3.63) is 35.4 Å². The number of nitrogens with zero attached hydrogens (tertiary/aromatic N) is 6. The van der Waals surface area contributed by atoms with Gasteiger partial charge in [0.15, 0.2) is 11.4 Å².